The van der Waals surface area contributed by atoms with Crippen molar-refractivity contribution in [2.75, 3.05) is 32.8 Å². The molecule has 0 aromatic carbocycles. The lowest BCUT2D eigenvalue weighted by molar-refractivity contribution is 0.0786. The molecule has 2 aliphatic rings. The van der Waals surface area contributed by atoms with Gasteiger partial charge in [0.25, 0.3) is 0 Å². The normalized spacial score (nSPS) is 25.3. The van der Waals surface area contributed by atoms with Gasteiger partial charge in [-0.05, 0) is 32.2 Å². The first-order valence-electron chi connectivity index (χ1n) is 6.47. The van der Waals surface area contributed by atoms with E-state index in [1.54, 1.807) is 0 Å². The minimum atomic E-state index is -0.0903. The molecule has 2 aliphatic heterocycles. The zero-order valence-corrected chi connectivity index (χ0v) is 10.2. The van der Waals surface area contributed by atoms with Crippen molar-refractivity contribution in [3.63, 3.8) is 0 Å². The first-order valence-corrected chi connectivity index (χ1v) is 6.47. The predicted octanol–water partition coefficient (Wildman–Crippen LogP) is 1.70. The Morgan fingerprint density at radius 3 is 2.69 bits per heavy atom. The molecule has 0 atom stereocenters. The molecule has 2 fully saturated rings. The molecule has 4 heteroatoms. The molecule has 2 rings (SSSR count). The number of piperidine rings is 1. The number of cyclic esters (lactones) is 1. The van der Waals surface area contributed by atoms with E-state index in [2.05, 4.69) is 11.8 Å². The van der Waals surface area contributed by atoms with E-state index in [-0.39, 0.29) is 6.09 Å². The van der Waals surface area contributed by atoms with E-state index in [0.29, 0.717) is 12.6 Å². The lowest BCUT2D eigenvalue weighted by Crippen LogP contribution is -2.47. The number of rotatable bonds is 2. The summed E-state index contributed by atoms with van der Waals surface area (Å²) in [6, 6.07) is 0.411. The van der Waals surface area contributed by atoms with Crippen molar-refractivity contribution in [2.24, 2.45) is 0 Å². The second-order valence-electron chi connectivity index (χ2n) is 4.68. The Kier molecular flexibility index (Phi) is 4.04. The van der Waals surface area contributed by atoms with Crippen LogP contribution in [0, 0.1) is 0 Å². The zero-order valence-electron chi connectivity index (χ0n) is 10.2. The maximum absolute atomic E-state index is 11.8. The number of nitrogens with zero attached hydrogens (tertiary/aromatic N) is 2. The Morgan fingerprint density at radius 2 is 2.00 bits per heavy atom. The topological polar surface area (TPSA) is 32.8 Å². The first kappa shape index (κ1) is 11.7. The Hall–Kier alpha value is -0.770. The second-order valence-corrected chi connectivity index (χ2v) is 4.68. The van der Waals surface area contributed by atoms with E-state index in [9.17, 15) is 4.79 Å². The van der Waals surface area contributed by atoms with Crippen LogP contribution in [-0.2, 0) is 4.74 Å². The molecule has 4 nitrogen and oxygen atoms in total. The quantitative estimate of drug-likeness (QED) is 0.718. The van der Waals surface area contributed by atoms with Crippen molar-refractivity contribution in [3.8, 4) is 0 Å². The van der Waals surface area contributed by atoms with E-state index >= 15 is 0 Å². The molecule has 0 radical (unpaired) electrons. The molecular weight excluding hydrogens is 204 g/mol. The summed E-state index contributed by atoms with van der Waals surface area (Å²) in [5, 5.41) is 0. The van der Waals surface area contributed by atoms with E-state index < -0.39 is 0 Å². The number of ether oxygens (including phenoxy) is 1. The molecule has 0 aliphatic carbocycles. The molecule has 0 spiro atoms. The third-order valence-corrected chi connectivity index (χ3v) is 3.70. The Balaban J connectivity index is 1.89. The summed E-state index contributed by atoms with van der Waals surface area (Å²) in [6.45, 7) is 7.03. The van der Waals surface area contributed by atoms with Gasteiger partial charge in [-0.3, -0.25) is 0 Å². The average molecular weight is 226 g/mol. The van der Waals surface area contributed by atoms with Crippen LogP contribution in [0.5, 0.6) is 0 Å². The van der Waals surface area contributed by atoms with Gasteiger partial charge in [0.15, 0.2) is 0 Å². The molecular formula is C12H22N2O2. The highest BCUT2D eigenvalue weighted by molar-refractivity contribution is 5.68. The van der Waals surface area contributed by atoms with Crippen molar-refractivity contribution >= 4 is 6.09 Å². The minimum Gasteiger partial charge on any atom is -0.449 e. The molecule has 1 amide bonds. The summed E-state index contributed by atoms with van der Waals surface area (Å²) in [7, 11) is 0. The Bertz CT molecular complexity index is 237. The highest BCUT2D eigenvalue weighted by Crippen LogP contribution is 2.19. The second kappa shape index (κ2) is 5.53. The first-order chi connectivity index (χ1) is 7.81. The molecule has 0 unspecified atom stereocenters. The maximum Gasteiger partial charge on any atom is 0.410 e. The van der Waals surface area contributed by atoms with Gasteiger partial charge in [0, 0.05) is 25.7 Å². The molecule has 92 valence electrons. The van der Waals surface area contributed by atoms with Gasteiger partial charge in [-0.2, -0.15) is 0 Å². The Morgan fingerprint density at radius 1 is 1.25 bits per heavy atom. The van der Waals surface area contributed by atoms with Crippen molar-refractivity contribution < 1.29 is 9.53 Å². The van der Waals surface area contributed by atoms with Crippen LogP contribution in [0.25, 0.3) is 0 Å². The monoisotopic (exact) mass is 226 g/mol. The fourth-order valence-electron chi connectivity index (χ4n) is 2.60. The summed E-state index contributed by atoms with van der Waals surface area (Å²) in [5.41, 5.74) is 0. The summed E-state index contributed by atoms with van der Waals surface area (Å²) >= 11 is 0. The van der Waals surface area contributed by atoms with Gasteiger partial charge < -0.3 is 14.5 Å². The van der Waals surface area contributed by atoms with Crippen LogP contribution in [0.2, 0.25) is 0 Å². The van der Waals surface area contributed by atoms with Gasteiger partial charge in [0.2, 0.25) is 0 Å². The van der Waals surface area contributed by atoms with E-state index in [4.69, 9.17) is 4.74 Å². The third-order valence-electron chi connectivity index (χ3n) is 3.70. The lowest BCUT2D eigenvalue weighted by atomic mass is 10.0. The number of likely N-dealkylation sites (tertiary alicyclic amines) is 1. The van der Waals surface area contributed by atoms with Crippen molar-refractivity contribution in [2.45, 2.75) is 38.6 Å². The smallest absolute Gasteiger partial charge is 0.410 e. The Labute approximate surface area is 97.5 Å². The number of carbonyl (C=O) groups is 1. The van der Waals surface area contributed by atoms with Gasteiger partial charge in [-0.1, -0.05) is 6.92 Å². The lowest BCUT2D eigenvalue weighted by Gasteiger charge is -2.36. The van der Waals surface area contributed by atoms with Crippen LogP contribution in [-0.4, -0.2) is 54.7 Å². The van der Waals surface area contributed by atoms with Crippen LogP contribution in [0.4, 0.5) is 4.79 Å². The number of hydrogen-bond acceptors (Lipinski definition) is 3. The summed E-state index contributed by atoms with van der Waals surface area (Å²) in [4.78, 5) is 16.2. The van der Waals surface area contributed by atoms with Crippen LogP contribution in [0.1, 0.15) is 32.6 Å². The highest BCUT2D eigenvalue weighted by atomic mass is 16.6. The van der Waals surface area contributed by atoms with Crippen LogP contribution >= 0.6 is 0 Å². The molecule has 0 saturated carbocycles. The van der Waals surface area contributed by atoms with E-state index in [1.165, 1.54) is 0 Å². The predicted molar refractivity (Wildman–Crippen MR) is 62.4 cm³/mol. The number of hydrogen-bond donors (Lipinski definition) is 0. The largest absolute Gasteiger partial charge is 0.449 e. The van der Waals surface area contributed by atoms with Crippen molar-refractivity contribution in [3.05, 3.63) is 0 Å². The maximum atomic E-state index is 11.8. The number of amides is 1. The van der Waals surface area contributed by atoms with Crippen LogP contribution in [0.15, 0.2) is 0 Å². The molecule has 2 saturated heterocycles. The fraction of sp³-hybridized carbons (Fsp3) is 0.917. The SMILES string of the molecule is CCN1CCC(N2CCCCOC2=O)CC1. The zero-order chi connectivity index (χ0) is 11.4. The van der Waals surface area contributed by atoms with Gasteiger partial charge in [0.05, 0.1) is 6.61 Å². The van der Waals surface area contributed by atoms with E-state index in [0.717, 1.165) is 51.9 Å². The van der Waals surface area contributed by atoms with E-state index in [1.807, 2.05) is 4.90 Å². The fourth-order valence-corrected chi connectivity index (χ4v) is 2.60. The molecule has 0 bridgehead atoms. The molecule has 0 aromatic heterocycles. The molecule has 2 heterocycles. The summed E-state index contributed by atoms with van der Waals surface area (Å²) in [6.07, 6.45) is 4.20. The van der Waals surface area contributed by atoms with Crippen molar-refractivity contribution in [1.29, 1.82) is 0 Å². The van der Waals surface area contributed by atoms with Gasteiger partial charge >= 0.3 is 6.09 Å². The summed E-state index contributed by atoms with van der Waals surface area (Å²) in [5.74, 6) is 0. The van der Waals surface area contributed by atoms with Crippen LogP contribution in [0.3, 0.4) is 0 Å². The number of carbonyl (C=O) groups excluding carboxylic acids is 1. The van der Waals surface area contributed by atoms with Gasteiger partial charge in [0.1, 0.15) is 0 Å². The summed E-state index contributed by atoms with van der Waals surface area (Å²) < 4.78 is 5.20. The highest BCUT2D eigenvalue weighted by Gasteiger charge is 2.29. The van der Waals surface area contributed by atoms with Gasteiger partial charge in [-0.25, -0.2) is 4.79 Å². The van der Waals surface area contributed by atoms with Crippen molar-refractivity contribution in [1.82, 2.24) is 9.80 Å². The molecule has 16 heavy (non-hydrogen) atoms. The molecule has 0 N–H and O–H groups in total. The third kappa shape index (κ3) is 2.67. The standard InChI is InChI=1S/C12H22N2O2/c1-2-13-8-5-11(6-9-13)14-7-3-4-10-16-12(14)15/h11H,2-10H2,1H3. The molecule has 0 aromatic rings. The average Bonchev–Trinajstić information content (AvgIpc) is 2.54. The van der Waals surface area contributed by atoms with Crippen LogP contribution < -0.4 is 0 Å². The minimum absolute atomic E-state index is 0.0903. The van der Waals surface area contributed by atoms with Gasteiger partial charge in [-0.15, -0.1) is 0 Å².